The monoisotopic (exact) mass is 558 g/mol. The van der Waals surface area contributed by atoms with E-state index in [1.54, 1.807) is 36.4 Å². The zero-order chi connectivity index (χ0) is 28.3. The molecule has 2 amide bonds. The number of carbonyl (C=O) groups is 3. The first-order valence-corrected chi connectivity index (χ1v) is 14.3. The zero-order valence-electron chi connectivity index (χ0n) is 22.0. The first-order valence-electron chi connectivity index (χ1n) is 13.3. The number of carboxylic acids is 1. The Hall–Kier alpha value is -4.88. The first kappa shape index (κ1) is 26.3. The number of fused-ring (bicyclic) bond motifs is 3. The first-order chi connectivity index (χ1) is 20.0. The molecular formula is C34H26N2O4S. The summed E-state index contributed by atoms with van der Waals surface area (Å²) in [5.74, 6) is -1.30. The van der Waals surface area contributed by atoms with Crippen molar-refractivity contribution < 1.29 is 19.5 Å². The van der Waals surface area contributed by atoms with Gasteiger partial charge in [0, 0.05) is 21.5 Å². The summed E-state index contributed by atoms with van der Waals surface area (Å²) >= 11 is 1.40. The standard InChI is InChI=1S/C34H26N2O4S/c37-31(36-29-16-3-1-8-22(29)18-19-23-9-2-4-17-30(23)36)21-41-26-13-7-12-25(20-26)35-33(38)27-14-5-10-24-11-6-15-28(32(24)27)34(39)40/h1-17,20H,18-19,21H2,(H,35,38)(H,39,40). The van der Waals surface area contributed by atoms with Gasteiger partial charge in [0.1, 0.15) is 0 Å². The molecule has 1 aliphatic heterocycles. The number of anilines is 3. The molecule has 41 heavy (non-hydrogen) atoms. The van der Waals surface area contributed by atoms with Crippen LogP contribution in [0.5, 0.6) is 0 Å². The Morgan fingerprint density at radius 1 is 0.732 bits per heavy atom. The second kappa shape index (κ2) is 11.3. The number of hydrogen-bond donors (Lipinski definition) is 2. The van der Waals surface area contributed by atoms with Gasteiger partial charge in [-0.2, -0.15) is 0 Å². The van der Waals surface area contributed by atoms with Crippen LogP contribution in [0.4, 0.5) is 17.1 Å². The van der Waals surface area contributed by atoms with E-state index in [4.69, 9.17) is 0 Å². The fourth-order valence-corrected chi connectivity index (χ4v) is 6.13. The molecule has 202 valence electrons. The Bertz CT molecular complexity index is 1760. The second-order valence-corrected chi connectivity index (χ2v) is 10.8. The van der Waals surface area contributed by atoms with Crippen LogP contribution in [-0.2, 0) is 17.6 Å². The molecule has 0 aromatic heterocycles. The molecule has 0 fully saturated rings. The van der Waals surface area contributed by atoms with Crippen LogP contribution < -0.4 is 10.2 Å². The molecule has 0 aliphatic carbocycles. The van der Waals surface area contributed by atoms with Crippen molar-refractivity contribution in [2.45, 2.75) is 17.7 Å². The number of aryl methyl sites for hydroxylation is 2. The van der Waals surface area contributed by atoms with Gasteiger partial charge < -0.3 is 10.4 Å². The molecule has 5 aromatic carbocycles. The number of para-hydroxylation sites is 2. The Morgan fingerprint density at radius 2 is 1.34 bits per heavy atom. The van der Waals surface area contributed by atoms with Crippen LogP contribution in [0.25, 0.3) is 10.8 Å². The van der Waals surface area contributed by atoms with Gasteiger partial charge in [0.05, 0.1) is 22.7 Å². The molecule has 0 atom stereocenters. The fraction of sp³-hybridized carbons (Fsp3) is 0.0882. The van der Waals surface area contributed by atoms with Crippen molar-refractivity contribution >= 4 is 57.4 Å². The number of aromatic carboxylic acids is 1. The van der Waals surface area contributed by atoms with Gasteiger partial charge in [0.15, 0.2) is 0 Å². The molecule has 6 nitrogen and oxygen atoms in total. The van der Waals surface area contributed by atoms with Gasteiger partial charge in [-0.3, -0.25) is 14.5 Å². The molecule has 7 heteroatoms. The predicted molar refractivity (Wildman–Crippen MR) is 163 cm³/mol. The van der Waals surface area contributed by atoms with Gasteiger partial charge >= 0.3 is 5.97 Å². The number of nitrogens with one attached hydrogen (secondary N) is 1. The van der Waals surface area contributed by atoms with Gasteiger partial charge in [-0.1, -0.05) is 66.7 Å². The highest BCUT2D eigenvalue weighted by Crippen LogP contribution is 2.37. The topological polar surface area (TPSA) is 86.7 Å². The van der Waals surface area contributed by atoms with Crippen molar-refractivity contribution in [1.29, 1.82) is 0 Å². The van der Waals surface area contributed by atoms with Crippen LogP contribution in [-0.4, -0.2) is 28.6 Å². The minimum absolute atomic E-state index is 0.0248. The van der Waals surface area contributed by atoms with Gasteiger partial charge in [-0.25, -0.2) is 4.79 Å². The maximum Gasteiger partial charge on any atom is 0.336 e. The minimum atomic E-state index is -1.09. The largest absolute Gasteiger partial charge is 0.478 e. The van der Waals surface area contributed by atoms with Gasteiger partial charge in [-0.15, -0.1) is 11.8 Å². The molecule has 0 unspecified atom stereocenters. The van der Waals surface area contributed by atoms with E-state index in [0.29, 0.717) is 16.5 Å². The summed E-state index contributed by atoms with van der Waals surface area (Å²) in [6.07, 6.45) is 1.74. The third-order valence-corrected chi connectivity index (χ3v) is 8.19. The number of amides is 2. The van der Waals surface area contributed by atoms with E-state index in [-0.39, 0.29) is 22.8 Å². The highest BCUT2D eigenvalue weighted by Gasteiger charge is 2.25. The fourth-order valence-electron chi connectivity index (χ4n) is 5.33. The zero-order valence-corrected chi connectivity index (χ0v) is 22.9. The Kier molecular flexibility index (Phi) is 7.27. The molecule has 5 aromatic rings. The predicted octanol–water partition coefficient (Wildman–Crippen LogP) is 7.35. The lowest BCUT2D eigenvalue weighted by molar-refractivity contribution is -0.115. The molecular weight excluding hydrogens is 532 g/mol. The van der Waals surface area contributed by atoms with Crippen molar-refractivity contribution in [3.63, 3.8) is 0 Å². The number of thioether (sulfide) groups is 1. The van der Waals surface area contributed by atoms with Crippen molar-refractivity contribution in [2.24, 2.45) is 0 Å². The van der Waals surface area contributed by atoms with Crippen molar-refractivity contribution in [2.75, 3.05) is 16.0 Å². The van der Waals surface area contributed by atoms with Crippen molar-refractivity contribution in [3.8, 4) is 0 Å². The quantitative estimate of drug-likeness (QED) is 0.213. The third-order valence-electron chi connectivity index (χ3n) is 7.21. The molecule has 0 radical (unpaired) electrons. The molecule has 1 aliphatic rings. The maximum absolute atomic E-state index is 13.7. The average Bonchev–Trinajstić information content (AvgIpc) is 3.16. The van der Waals surface area contributed by atoms with Gasteiger partial charge in [0.2, 0.25) is 5.91 Å². The van der Waals surface area contributed by atoms with E-state index >= 15 is 0 Å². The smallest absolute Gasteiger partial charge is 0.336 e. The van der Waals surface area contributed by atoms with E-state index in [1.807, 2.05) is 59.5 Å². The summed E-state index contributed by atoms with van der Waals surface area (Å²) in [6, 6.07) is 33.5. The summed E-state index contributed by atoms with van der Waals surface area (Å²) in [5, 5.41) is 13.6. The lowest BCUT2D eigenvalue weighted by atomic mass is 9.98. The summed E-state index contributed by atoms with van der Waals surface area (Å²) in [5.41, 5.74) is 5.04. The molecule has 1 heterocycles. The number of rotatable bonds is 6. The summed E-state index contributed by atoms with van der Waals surface area (Å²) in [4.78, 5) is 41.5. The van der Waals surface area contributed by atoms with E-state index in [1.165, 1.54) is 17.8 Å². The SMILES string of the molecule is O=C(O)c1cccc2cccc(C(=O)Nc3cccc(SCC(=O)N4c5ccccc5CCc5ccccc54)c3)c12. The molecule has 0 saturated carbocycles. The number of hydrogen-bond acceptors (Lipinski definition) is 4. The molecule has 0 spiro atoms. The molecule has 0 saturated heterocycles. The van der Waals surface area contributed by atoms with Crippen molar-refractivity contribution in [1.82, 2.24) is 0 Å². The number of nitrogens with zero attached hydrogens (tertiary/aromatic N) is 1. The number of benzene rings is 5. The van der Waals surface area contributed by atoms with E-state index < -0.39 is 11.9 Å². The Balaban J connectivity index is 1.22. The Morgan fingerprint density at radius 3 is 2.00 bits per heavy atom. The summed E-state index contributed by atoms with van der Waals surface area (Å²) < 4.78 is 0. The van der Waals surface area contributed by atoms with Crippen LogP contribution in [0.1, 0.15) is 31.8 Å². The lowest BCUT2D eigenvalue weighted by Gasteiger charge is -2.25. The highest BCUT2D eigenvalue weighted by atomic mass is 32.2. The minimum Gasteiger partial charge on any atom is -0.478 e. The summed E-state index contributed by atoms with van der Waals surface area (Å²) in [6.45, 7) is 0. The Labute approximate surface area is 241 Å². The van der Waals surface area contributed by atoms with E-state index in [2.05, 4.69) is 17.4 Å². The highest BCUT2D eigenvalue weighted by molar-refractivity contribution is 8.00. The summed E-state index contributed by atoms with van der Waals surface area (Å²) in [7, 11) is 0. The van der Waals surface area contributed by atoms with E-state index in [9.17, 15) is 19.5 Å². The second-order valence-electron chi connectivity index (χ2n) is 9.77. The number of carboxylic acid groups (broad SMARTS) is 1. The van der Waals surface area contributed by atoms with Crippen LogP contribution >= 0.6 is 11.8 Å². The lowest BCUT2D eigenvalue weighted by Crippen LogP contribution is -2.28. The third kappa shape index (κ3) is 5.32. The van der Waals surface area contributed by atoms with Crippen LogP contribution in [0, 0.1) is 0 Å². The van der Waals surface area contributed by atoms with Crippen LogP contribution in [0.3, 0.4) is 0 Å². The number of carbonyl (C=O) groups excluding carboxylic acids is 2. The molecule has 6 rings (SSSR count). The van der Waals surface area contributed by atoms with Gasteiger partial charge in [-0.05, 0) is 71.8 Å². The van der Waals surface area contributed by atoms with E-state index in [0.717, 1.165) is 40.2 Å². The average molecular weight is 559 g/mol. The van der Waals surface area contributed by atoms with Gasteiger partial charge in [0.25, 0.3) is 5.91 Å². The van der Waals surface area contributed by atoms with Crippen LogP contribution in [0.2, 0.25) is 0 Å². The van der Waals surface area contributed by atoms with Crippen LogP contribution in [0.15, 0.2) is 114 Å². The normalized spacial score (nSPS) is 12.2. The molecule has 0 bridgehead atoms. The van der Waals surface area contributed by atoms with Crippen molar-refractivity contribution in [3.05, 3.63) is 131 Å². The maximum atomic E-state index is 13.7. The molecule has 2 N–H and O–H groups in total.